The van der Waals surface area contributed by atoms with E-state index in [2.05, 4.69) is 9.44 Å². The van der Waals surface area contributed by atoms with Gasteiger partial charge in [0.2, 0.25) is 0 Å². The molecular formula is C19H16N2O4S2. The molecule has 0 saturated carbocycles. The average Bonchev–Trinajstić information content (AvgIpc) is 2.64. The molecule has 1 aliphatic heterocycles. The Morgan fingerprint density at radius 2 is 1.56 bits per heavy atom. The van der Waals surface area contributed by atoms with E-state index in [4.69, 9.17) is 0 Å². The van der Waals surface area contributed by atoms with Crippen LogP contribution in [0.1, 0.15) is 5.56 Å². The maximum absolute atomic E-state index is 12.6. The minimum atomic E-state index is -3.75. The SMILES string of the molecule is Cc1cc2c(cc1NS(=O)(=O)c1ccccc1)-c1ccccc1S(=O)(=O)N2. The van der Waals surface area contributed by atoms with Crippen LogP contribution in [0.4, 0.5) is 11.4 Å². The second-order valence-corrected chi connectivity index (χ2v) is 9.57. The molecule has 3 aromatic rings. The number of aryl methyl sites for hydroxylation is 1. The number of hydrogen-bond acceptors (Lipinski definition) is 4. The predicted octanol–water partition coefficient (Wildman–Crippen LogP) is 3.58. The van der Waals surface area contributed by atoms with Gasteiger partial charge >= 0.3 is 0 Å². The molecule has 8 heteroatoms. The van der Waals surface area contributed by atoms with Crippen molar-refractivity contribution in [2.24, 2.45) is 0 Å². The molecular weight excluding hydrogens is 384 g/mol. The Morgan fingerprint density at radius 1 is 0.889 bits per heavy atom. The lowest BCUT2D eigenvalue weighted by Crippen LogP contribution is -2.20. The van der Waals surface area contributed by atoms with Gasteiger partial charge in [0.25, 0.3) is 20.0 Å². The van der Waals surface area contributed by atoms with Crippen molar-refractivity contribution in [3.05, 3.63) is 72.3 Å². The van der Waals surface area contributed by atoms with E-state index in [1.54, 1.807) is 55.5 Å². The topological polar surface area (TPSA) is 92.3 Å². The van der Waals surface area contributed by atoms with Crippen molar-refractivity contribution in [2.45, 2.75) is 16.7 Å². The highest BCUT2D eigenvalue weighted by atomic mass is 32.2. The second kappa shape index (κ2) is 6.11. The average molecular weight is 400 g/mol. The largest absolute Gasteiger partial charge is 0.279 e. The Balaban J connectivity index is 1.84. The molecule has 0 aromatic heterocycles. The van der Waals surface area contributed by atoms with Gasteiger partial charge in [-0.1, -0.05) is 36.4 Å². The van der Waals surface area contributed by atoms with Gasteiger partial charge in [-0.15, -0.1) is 0 Å². The first-order valence-corrected chi connectivity index (χ1v) is 11.1. The molecule has 1 heterocycles. The van der Waals surface area contributed by atoms with Crippen LogP contribution in [-0.2, 0) is 20.0 Å². The molecule has 0 radical (unpaired) electrons. The third kappa shape index (κ3) is 3.07. The van der Waals surface area contributed by atoms with Crippen molar-refractivity contribution in [3.63, 3.8) is 0 Å². The molecule has 138 valence electrons. The molecule has 0 atom stereocenters. The monoisotopic (exact) mass is 400 g/mol. The fourth-order valence-corrected chi connectivity index (χ4v) is 5.49. The third-order valence-electron chi connectivity index (χ3n) is 4.37. The summed E-state index contributed by atoms with van der Waals surface area (Å²) in [6.07, 6.45) is 0. The summed E-state index contributed by atoms with van der Waals surface area (Å²) in [4.78, 5) is 0.321. The van der Waals surface area contributed by atoms with Gasteiger partial charge < -0.3 is 0 Å². The molecule has 0 fully saturated rings. The number of fused-ring (bicyclic) bond motifs is 3. The van der Waals surface area contributed by atoms with E-state index in [-0.39, 0.29) is 9.79 Å². The first-order valence-electron chi connectivity index (χ1n) is 8.13. The Labute approximate surface area is 158 Å². The zero-order chi connectivity index (χ0) is 19.2. The van der Waals surface area contributed by atoms with Gasteiger partial charge in [-0.25, -0.2) is 16.8 Å². The number of rotatable bonds is 3. The summed E-state index contributed by atoms with van der Waals surface area (Å²) in [5.74, 6) is 0. The van der Waals surface area contributed by atoms with E-state index in [9.17, 15) is 16.8 Å². The highest BCUT2D eigenvalue weighted by Crippen LogP contribution is 2.41. The van der Waals surface area contributed by atoms with Gasteiger partial charge in [-0.05, 0) is 42.8 Å². The van der Waals surface area contributed by atoms with Crippen molar-refractivity contribution < 1.29 is 16.8 Å². The van der Waals surface area contributed by atoms with Crippen LogP contribution < -0.4 is 9.44 Å². The molecule has 0 unspecified atom stereocenters. The lowest BCUT2D eigenvalue weighted by molar-refractivity contribution is 0.599. The van der Waals surface area contributed by atoms with Crippen molar-refractivity contribution >= 4 is 31.4 Å². The van der Waals surface area contributed by atoms with E-state index in [1.807, 2.05) is 0 Å². The van der Waals surface area contributed by atoms with Crippen LogP contribution in [0.3, 0.4) is 0 Å². The number of benzene rings is 3. The van der Waals surface area contributed by atoms with Crippen LogP contribution in [-0.4, -0.2) is 16.8 Å². The first kappa shape index (κ1) is 17.6. The highest BCUT2D eigenvalue weighted by Gasteiger charge is 2.28. The Bertz CT molecular complexity index is 1250. The minimum Gasteiger partial charge on any atom is -0.279 e. The van der Waals surface area contributed by atoms with Crippen LogP contribution >= 0.6 is 0 Å². The molecule has 0 aliphatic carbocycles. The van der Waals surface area contributed by atoms with Gasteiger partial charge in [0.15, 0.2) is 0 Å². The summed E-state index contributed by atoms with van der Waals surface area (Å²) < 4.78 is 55.3. The molecule has 3 aromatic carbocycles. The highest BCUT2D eigenvalue weighted by molar-refractivity contribution is 7.93. The first-order chi connectivity index (χ1) is 12.8. The molecule has 0 amide bonds. The van der Waals surface area contributed by atoms with E-state index in [0.717, 1.165) is 0 Å². The normalized spacial score (nSPS) is 14.6. The van der Waals surface area contributed by atoms with E-state index in [0.29, 0.717) is 28.1 Å². The van der Waals surface area contributed by atoms with Crippen molar-refractivity contribution in [1.29, 1.82) is 0 Å². The molecule has 4 rings (SSSR count). The summed E-state index contributed by atoms with van der Waals surface area (Å²) >= 11 is 0. The third-order valence-corrected chi connectivity index (χ3v) is 7.18. The lowest BCUT2D eigenvalue weighted by Gasteiger charge is -2.23. The number of nitrogens with one attached hydrogen (secondary N) is 2. The predicted molar refractivity (Wildman–Crippen MR) is 105 cm³/mol. The number of hydrogen-bond donors (Lipinski definition) is 2. The molecule has 2 N–H and O–H groups in total. The lowest BCUT2D eigenvalue weighted by atomic mass is 10.0. The fourth-order valence-electron chi connectivity index (χ4n) is 3.05. The van der Waals surface area contributed by atoms with Crippen LogP contribution in [0.5, 0.6) is 0 Å². The van der Waals surface area contributed by atoms with Crippen LogP contribution in [0, 0.1) is 6.92 Å². The summed E-state index contributed by atoms with van der Waals surface area (Å²) in [5, 5.41) is 0. The number of anilines is 2. The Morgan fingerprint density at radius 3 is 2.30 bits per heavy atom. The maximum atomic E-state index is 12.6. The minimum absolute atomic E-state index is 0.156. The fraction of sp³-hybridized carbons (Fsp3) is 0.0526. The van der Waals surface area contributed by atoms with Crippen molar-refractivity contribution in [2.75, 3.05) is 9.44 Å². The molecule has 0 spiro atoms. The molecule has 0 saturated heterocycles. The zero-order valence-electron chi connectivity index (χ0n) is 14.3. The molecule has 27 heavy (non-hydrogen) atoms. The molecule has 6 nitrogen and oxygen atoms in total. The van der Waals surface area contributed by atoms with Gasteiger partial charge in [-0.3, -0.25) is 9.44 Å². The van der Waals surface area contributed by atoms with Crippen LogP contribution in [0.15, 0.2) is 76.5 Å². The Hall–Kier alpha value is -2.84. The molecule has 1 aliphatic rings. The quantitative estimate of drug-likeness (QED) is 0.703. The maximum Gasteiger partial charge on any atom is 0.262 e. The smallest absolute Gasteiger partial charge is 0.262 e. The summed E-state index contributed by atoms with van der Waals surface area (Å²) in [7, 11) is -7.40. The molecule has 0 bridgehead atoms. The van der Waals surface area contributed by atoms with E-state index >= 15 is 0 Å². The van der Waals surface area contributed by atoms with Gasteiger partial charge in [-0.2, -0.15) is 0 Å². The van der Waals surface area contributed by atoms with E-state index in [1.165, 1.54) is 18.2 Å². The van der Waals surface area contributed by atoms with E-state index < -0.39 is 20.0 Å². The van der Waals surface area contributed by atoms with Gasteiger partial charge in [0, 0.05) is 11.1 Å². The Kier molecular flexibility index (Phi) is 3.97. The van der Waals surface area contributed by atoms with Gasteiger partial charge in [0.1, 0.15) is 0 Å². The zero-order valence-corrected chi connectivity index (χ0v) is 15.9. The van der Waals surface area contributed by atoms with Gasteiger partial charge in [0.05, 0.1) is 21.2 Å². The standard InChI is InChI=1S/C19H16N2O4S2/c1-13-11-18-16(15-9-5-6-10-19(15)27(24,25)21-18)12-17(13)20-26(22,23)14-7-3-2-4-8-14/h2-12,20-21H,1H3. The second-order valence-electron chi connectivity index (χ2n) is 6.23. The van der Waals surface area contributed by atoms with Crippen LogP contribution in [0.25, 0.3) is 11.1 Å². The van der Waals surface area contributed by atoms with Crippen LogP contribution in [0.2, 0.25) is 0 Å². The number of sulfonamides is 2. The van der Waals surface area contributed by atoms with Crippen molar-refractivity contribution in [1.82, 2.24) is 0 Å². The summed E-state index contributed by atoms with van der Waals surface area (Å²) in [6.45, 7) is 1.72. The van der Waals surface area contributed by atoms with Crippen molar-refractivity contribution in [3.8, 4) is 11.1 Å². The summed E-state index contributed by atoms with van der Waals surface area (Å²) in [5.41, 5.74) is 2.58. The summed E-state index contributed by atoms with van der Waals surface area (Å²) in [6, 6.07) is 18.0.